The Hall–Kier alpha value is -1.24. The molecule has 2 unspecified atom stereocenters. The molecule has 1 aliphatic heterocycles. The van der Waals surface area contributed by atoms with Crippen molar-refractivity contribution in [3.8, 4) is 0 Å². The van der Waals surface area contributed by atoms with Crippen LogP contribution in [0, 0.1) is 5.92 Å². The molecule has 1 heterocycles. The highest BCUT2D eigenvalue weighted by Crippen LogP contribution is 2.25. The Kier molecular flexibility index (Phi) is 7.59. The normalized spacial score (nSPS) is 23.0. The van der Waals surface area contributed by atoms with Gasteiger partial charge in [0.25, 0.3) is 0 Å². The molecule has 2 amide bonds. The fourth-order valence-corrected chi connectivity index (χ4v) is 4.21. The molecule has 0 aromatic heterocycles. The van der Waals surface area contributed by atoms with Crippen LogP contribution in [0.1, 0.15) is 24.8 Å². The maximum Gasteiger partial charge on any atom is 0.227 e. The van der Waals surface area contributed by atoms with E-state index in [2.05, 4.69) is 5.32 Å². The first-order chi connectivity index (χ1) is 11.6. The van der Waals surface area contributed by atoms with E-state index in [1.807, 2.05) is 40.9 Å². The van der Waals surface area contributed by atoms with Crippen LogP contribution in [0.5, 0.6) is 0 Å². The highest BCUT2D eigenvalue weighted by atomic mass is 35.5. The number of amides is 2. The van der Waals surface area contributed by atoms with E-state index in [1.54, 1.807) is 0 Å². The molecule has 2 fully saturated rings. The van der Waals surface area contributed by atoms with Crippen LogP contribution in [0.2, 0.25) is 0 Å². The number of benzene rings is 1. The standard InChI is InChI=1S/C18H25N3O2S.ClH/c19-15-4-3-14(12-15)18(23)20-16-5-1-13(2-6-16)11-17(22)21-7-9-24-10-8-21;/h1-2,5-6,14-15H,3-4,7-12,19H2,(H,20,23);1H. The molecule has 1 saturated heterocycles. The molecule has 3 rings (SSSR count). The van der Waals surface area contributed by atoms with Gasteiger partial charge in [-0.25, -0.2) is 0 Å². The molecule has 1 aliphatic carbocycles. The SMILES string of the molecule is Cl.NC1CCC(C(=O)Nc2ccc(CC(=O)N3CCSCC3)cc2)C1. The molecular weight excluding hydrogens is 358 g/mol. The molecule has 5 nitrogen and oxygen atoms in total. The van der Waals surface area contributed by atoms with E-state index in [4.69, 9.17) is 5.73 Å². The zero-order valence-corrected chi connectivity index (χ0v) is 15.9. The van der Waals surface area contributed by atoms with Crippen molar-refractivity contribution in [2.45, 2.75) is 31.7 Å². The summed E-state index contributed by atoms with van der Waals surface area (Å²) >= 11 is 1.90. The molecule has 7 heteroatoms. The van der Waals surface area contributed by atoms with Crippen molar-refractivity contribution in [1.82, 2.24) is 4.90 Å². The number of hydrogen-bond acceptors (Lipinski definition) is 4. The summed E-state index contributed by atoms with van der Waals surface area (Å²) in [7, 11) is 0. The second kappa shape index (κ2) is 9.46. The summed E-state index contributed by atoms with van der Waals surface area (Å²) in [6.45, 7) is 1.70. The second-order valence-corrected chi connectivity index (χ2v) is 7.85. The molecule has 2 atom stereocenters. The van der Waals surface area contributed by atoms with Crippen LogP contribution in [0.3, 0.4) is 0 Å². The third-order valence-electron chi connectivity index (χ3n) is 4.78. The van der Waals surface area contributed by atoms with Crippen molar-refractivity contribution >= 4 is 41.7 Å². The Morgan fingerprint density at radius 3 is 2.44 bits per heavy atom. The van der Waals surface area contributed by atoms with Gasteiger partial charge in [0, 0.05) is 42.2 Å². The van der Waals surface area contributed by atoms with Crippen LogP contribution in [-0.4, -0.2) is 47.4 Å². The molecule has 0 radical (unpaired) electrons. The highest BCUT2D eigenvalue weighted by molar-refractivity contribution is 7.99. The lowest BCUT2D eigenvalue weighted by atomic mass is 10.1. The lowest BCUT2D eigenvalue weighted by Gasteiger charge is -2.26. The van der Waals surface area contributed by atoms with Gasteiger partial charge in [-0.3, -0.25) is 9.59 Å². The van der Waals surface area contributed by atoms with Gasteiger partial charge in [-0.2, -0.15) is 11.8 Å². The highest BCUT2D eigenvalue weighted by Gasteiger charge is 2.27. The number of hydrogen-bond donors (Lipinski definition) is 2. The minimum Gasteiger partial charge on any atom is -0.341 e. The molecule has 0 bridgehead atoms. The topological polar surface area (TPSA) is 75.4 Å². The first-order valence-electron chi connectivity index (χ1n) is 8.63. The Morgan fingerprint density at radius 2 is 1.84 bits per heavy atom. The zero-order valence-electron chi connectivity index (χ0n) is 14.3. The van der Waals surface area contributed by atoms with Gasteiger partial charge in [-0.05, 0) is 37.0 Å². The summed E-state index contributed by atoms with van der Waals surface area (Å²) in [6, 6.07) is 7.75. The third-order valence-corrected chi connectivity index (χ3v) is 5.73. The first kappa shape index (κ1) is 20.1. The summed E-state index contributed by atoms with van der Waals surface area (Å²) in [5, 5.41) is 2.96. The van der Waals surface area contributed by atoms with Gasteiger partial charge >= 0.3 is 0 Å². The van der Waals surface area contributed by atoms with Crippen molar-refractivity contribution in [1.29, 1.82) is 0 Å². The molecule has 0 spiro atoms. The summed E-state index contributed by atoms with van der Waals surface area (Å²) in [4.78, 5) is 26.4. The largest absolute Gasteiger partial charge is 0.341 e. The zero-order chi connectivity index (χ0) is 16.9. The number of halogens is 1. The van der Waals surface area contributed by atoms with Crippen LogP contribution in [0.15, 0.2) is 24.3 Å². The smallest absolute Gasteiger partial charge is 0.227 e. The molecular formula is C18H26ClN3O2S. The molecule has 25 heavy (non-hydrogen) atoms. The Balaban J connectivity index is 0.00000225. The van der Waals surface area contributed by atoms with Crippen LogP contribution in [0.4, 0.5) is 5.69 Å². The number of nitrogens with one attached hydrogen (secondary N) is 1. The fourth-order valence-electron chi connectivity index (χ4n) is 3.30. The van der Waals surface area contributed by atoms with Crippen molar-refractivity contribution < 1.29 is 9.59 Å². The lowest BCUT2D eigenvalue weighted by molar-refractivity contribution is -0.130. The molecule has 2 aliphatic rings. The predicted molar refractivity (Wildman–Crippen MR) is 105 cm³/mol. The van der Waals surface area contributed by atoms with Crippen molar-refractivity contribution in [3.05, 3.63) is 29.8 Å². The van der Waals surface area contributed by atoms with Gasteiger partial charge in [0.2, 0.25) is 11.8 Å². The van der Waals surface area contributed by atoms with Gasteiger partial charge in [-0.1, -0.05) is 12.1 Å². The number of thioether (sulfide) groups is 1. The number of nitrogens with zero attached hydrogens (tertiary/aromatic N) is 1. The van der Waals surface area contributed by atoms with Crippen LogP contribution >= 0.6 is 24.2 Å². The summed E-state index contributed by atoms with van der Waals surface area (Å²) in [6.07, 6.45) is 2.99. The van der Waals surface area contributed by atoms with E-state index < -0.39 is 0 Å². The number of carbonyl (C=O) groups excluding carboxylic acids is 2. The van der Waals surface area contributed by atoms with Crippen molar-refractivity contribution in [3.63, 3.8) is 0 Å². The molecule has 1 aromatic rings. The van der Waals surface area contributed by atoms with Gasteiger partial charge < -0.3 is 16.0 Å². The van der Waals surface area contributed by atoms with Gasteiger partial charge in [0.05, 0.1) is 6.42 Å². The van der Waals surface area contributed by atoms with Crippen molar-refractivity contribution in [2.24, 2.45) is 11.7 Å². The number of nitrogens with two attached hydrogens (primary N) is 1. The van der Waals surface area contributed by atoms with Crippen molar-refractivity contribution in [2.75, 3.05) is 29.9 Å². The first-order valence-corrected chi connectivity index (χ1v) is 9.78. The quantitative estimate of drug-likeness (QED) is 0.836. The van der Waals surface area contributed by atoms with Crippen LogP contribution < -0.4 is 11.1 Å². The summed E-state index contributed by atoms with van der Waals surface area (Å²) in [5.74, 6) is 2.33. The van der Waals surface area contributed by atoms with Gasteiger partial charge in [0.15, 0.2) is 0 Å². The van der Waals surface area contributed by atoms with E-state index in [0.29, 0.717) is 6.42 Å². The molecule has 3 N–H and O–H groups in total. The third kappa shape index (κ3) is 5.62. The monoisotopic (exact) mass is 383 g/mol. The maximum atomic E-state index is 12.3. The fraction of sp³-hybridized carbons (Fsp3) is 0.556. The Bertz CT molecular complexity index is 553. The van der Waals surface area contributed by atoms with E-state index >= 15 is 0 Å². The molecule has 138 valence electrons. The van der Waals surface area contributed by atoms with E-state index in [9.17, 15) is 9.59 Å². The number of anilines is 1. The Labute approximate surface area is 159 Å². The lowest BCUT2D eigenvalue weighted by Crippen LogP contribution is -2.38. The minimum atomic E-state index is 0. The maximum absolute atomic E-state index is 12.3. The summed E-state index contributed by atoms with van der Waals surface area (Å²) in [5.41, 5.74) is 7.64. The van der Waals surface area contributed by atoms with E-state index in [0.717, 1.165) is 55.1 Å². The van der Waals surface area contributed by atoms with E-state index in [-0.39, 0.29) is 36.2 Å². The molecule has 1 saturated carbocycles. The summed E-state index contributed by atoms with van der Waals surface area (Å²) < 4.78 is 0. The van der Waals surface area contributed by atoms with Gasteiger partial charge in [-0.15, -0.1) is 12.4 Å². The van der Waals surface area contributed by atoms with Crippen LogP contribution in [0.25, 0.3) is 0 Å². The average Bonchev–Trinajstić information content (AvgIpc) is 3.04. The van der Waals surface area contributed by atoms with Crippen LogP contribution in [-0.2, 0) is 16.0 Å². The molecule has 1 aromatic carbocycles. The number of carbonyl (C=O) groups is 2. The second-order valence-electron chi connectivity index (χ2n) is 6.63. The average molecular weight is 384 g/mol. The number of rotatable bonds is 4. The predicted octanol–water partition coefficient (Wildman–Crippen LogP) is 2.29. The van der Waals surface area contributed by atoms with E-state index in [1.165, 1.54) is 0 Å². The van der Waals surface area contributed by atoms with Gasteiger partial charge in [0.1, 0.15) is 0 Å². The minimum absolute atomic E-state index is 0. The Morgan fingerprint density at radius 1 is 1.16 bits per heavy atom.